The van der Waals surface area contributed by atoms with E-state index in [4.69, 9.17) is 39.5 Å². The van der Waals surface area contributed by atoms with Crippen LogP contribution in [0, 0.1) is 0 Å². The number of hydrogen-bond donors (Lipinski definition) is 1. The predicted octanol–water partition coefficient (Wildman–Crippen LogP) is 6.95. The van der Waals surface area contributed by atoms with Gasteiger partial charge in [-0.1, -0.05) is 87.1 Å². The molecule has 3 aromatic carbocycles. The van der Waals surface area contributed by atoms with Gasteiger partial charge in [-0.05, 0) is 49.7 Å². The molecule has 5 nitrogen and oxygen atoms in total. The molecule has 0 spiro atoms. The number of nitrogens with one attached hydrogen (secondary N) is 1. The summed E-state index contributed by atoms with van der Waals surface area (Å²) in [4.78, 5) is 28.5. The molecule has 0 saturated carbocycles. The van der Waals surface area contributed by atoms with Gasteiger partial charge in [0.2, 0.25) is 5.91 Å². The molecule has 0 bridgehead atoms. The van der Waals surface area contributed by atoms with Crippen molar-refractivity contribution in [3.63, 3.8) is 0 Å². The lowest BCUT2D eigenvalue weighted by atomic mass is 10.0. The molecule has 1 unspecified atom stereocenters. The second-order valence-electron chi connectivity index (χ2n) is 8.45. The topological polar surface area (TPSA) is 58.6 Å². The Hall–Kier alpha value is -2.25. The van der Waals surface area contributed by atoms with Crippen LogP contribution in [-0.4, -0.2) is 35.4 Å². The molecule has 9 heteroatoms. The monoisotopic (exact) mass is 610 g/mol. The first kappa shape index (κ1) is 28.3. The molecular weight excluding hydrogens is 587 g/mol. The van der Waals surface area contributed by atoms with Crippen LogP contribution in [0.25, 0.3) is 0 Å². The van der Waals surface area contributed by atoms with Crippen molar-refractivity contribution in [3.05, 3.63) is 97.4 Å². The summed E-state index contributed by atoms with van der Waals surface area (Å²) >= 11 is 22.5. The quantitative estimate of drug-likeness (QED) is 0.270. The number of nitrogens with zero attached hydrogens (tertiary/aromatic N) is 1. The lowest BCUT2D eigenvalue weighted by Gasteiger charge is -2.32. The van der Waals surface area contributed by atoms with Crippen LogP contribution < -0.4 is 10.1 Å². The summed E-state index contributed by atoms with van der Waals surface area (Å²) < 4.78 is 6.54. The van der Waals surface area contributed by atoms with Crippen molar-refractivity contribution >= 4 is 62.5 Å². The normalized spacial score (nSPS) is 11.8. The van der Waals surface area contributed by atoms with Crippen molar-refractivity contribution in [3.8, 4) is 5.75 Å². The molecule has 0 aliphatic heterocycles. The zero-order chi connectivity index (χ0) is 26.2. The molecule has 0 aliphatic rings. The van der Waals surface area contributed by atoms with E-state index in [2.05, 4.69) is 21.2 Å². The van der Waals surface area contributed by atoms with Crippen molar-refractivity contribution in [1.29, 1.82) is 0 Å². The first-order chi connectivity index (χ1) is 17.2. The third-order valence-electron chi connectivity index (χ3n) is 5.34. The molecule has 1 N–H and O–H groups in total. The van der Waals surface area contributed by atoms with Crippen molar-refractivity contribution in [1.82, 2.24) is 10.2 Å². The van der Waals surface area contributed by atoms with E-state index in [0.29, 0.717) is 32.8 Å². The molecule has 1 atom stereocenters. The van der Waals surface area contributed by atoms with E-state index in [1.165, 1.54) is 4.90 Å². The van der Waals surface area contributed by atoms with E-state index in [9.17, 15) is 9.59 Å². The average molecular weight is 613 g/mol. The Morgan fingerprint density at radius 1 is 0.944 bits per heavy atom. The van der Waals surface area contributed by atoms with Gasteiger partial charge in [-0.15, -0.1) is 0 Å². The molecule has 0 aliphatic carbocycles. The van der Waals surface area contributed by atoms with Crippen LogP contribution in [0.3, 0.4) is 0 Å². The molecule has 0 heterocycles. The number of amides is 2. The summed E-state index contributed by atoms with van der Waals surface area (Å²) in [5.74, 6) is -0.341. The standard InChI is InChI=1S/C27H26BrCl3N2O3/c1-17(2)32-27(35)24(13-18-7-4-3-5-8-18)33(15-20-21(29)9-6-10-22(20)30)26(34)16-36-25-12-11-19(28)14-23(25)31/h3-12,14,17,24H,13,15-16H2,1-2H3,(H,32,35). The maximum atomic E-state index is 13.6. The minimum atomic E-state index is -0.835. The highest BCUT2D eigenvalue weighted by atomic mass is 79.9. The van der Waals surface area contributed by atoms with Gasteiger partial charge < -0.3 is 15.0 Å². The fourth-order valence-electron chi connectivity index (χ4n) is 3.60. The number of hydrogen-bond acceptors (Lipinski definition) is 3. The largest absolute Gasteiger partial charge is 0.482 e. The Morgan fingerprint density at radius 3 is 2.22 bits per heavy atom. The molecule has 0 fully saturated rings. The van der Waals surface area contributed by atoms with Gasteiger partial charge in [-0.3, -0.25) is 9.59 Å². The summed E-state index contributed by atoms with van der Waals surface area (Å²) in [5.41, 5.74) is 1.45. The van der Waals surface area contributed by atoms with Gasteiger partial charge in [0, 0.05) is 39.1 Å². The maximum absolute atomic E-state index is 13.6. The summed E-state index contributed by atoms with van der Waals surface area (Å²) in [7, 11) is 0. The number of ether oxygens (including phenoxy) is 1. The van der Waals surface area contributed by atoms with Crippen molar-refractivity contribution in [2.45, 2.75) is 38.9 Å². The van der Waals surface area contributed by atoms with Crippen LogP contribution in [0.15, 0.2) is 71.2 Å². The van der Waals surface area contributed by atoms with E-state index >= 15 is 0 Å². The Kier molecular flexibility index (Phi) is 10.5. The number of rotatable bonds is 10. The van der Waals surface area contributed by atoms with Gasteiger partial charge in [-0.2, -0.15) is 0 Å². The van der Waals surface area contributed by atoms with E-state index in [1.807, 2.05) is 44.2 Å². The summed E-state index contributed by atoms with van der Waals surface area (Å²) in [5, 5.41) is 4.10. The van der Waals surface area contributed by atoms with Crippen molar-refractivity contribution in [2.75, 3.05) is 6.61 Å². The molecule has 0 aromatic heterocycles. The number of benzene rings is 3. The van der Waals surface area contributed by atoms with Gasteiger partial charge in [0.05, 0.1) is 5.02 Å². The van der Waals surface area contributed by atoms with Gasteiger partial charge in [-0.25, -0.2) is 0 Å². The fraction of sp³-hybridized carbons (Fsp3) is 0.259. The lowest BCUT2D eigenvalue weighted by molar-refractivity contribution is -0.143. The highest BCUT2D eigenvalue weighted by molar-refractivity contribution is 9.10. The molecule has 3 aromatic rings. The summed E-state index contributed by atoms with van der Waals surface area (Å²) in [6, 6.07) is 18.8. The lowest BCUT2D eigenvalue weighted by Crippen LogP contribution is -2.52. The Labute approximate surface area is 234 Å². The third kappa shape index (κ3) is 7.87. The first-order valence-corrected chi connectivity index (χ1v) is 13.2. The zero-order valence-electron chi connectivity index (χ0n) is 19.8. The van der Waals surface area contributed by atoms with Crippen LogP contribution in [0.4, 0.5) is 0 Å². The Bertz CT molecular complexity index is 1190. The molecule has 36 heavy (non-hydrogen) atoms. The van der Waals surface area contributed by atoms with Crippen LogP contribution in [-0.2, 0) is 22.6 Å². The molecule has 0 saturated heterocycles. The molecule has 3 rings (SSSR count). The SMILES string of the molecule is CC(C)NC(=O)C(Cc1ccccc1)N(Cc1c(Cl)cccc1Cl)C(=O)COc1ccc(Br)cc1Cl. The van der Waals surface area contributed by atoms with E-state index < -0.39 is 11.9 Å². The van der Waals surface area contributed by atoms with Gasteiger partial charge in [0.1, 0.15) is 11.8 Å². The smallest absolute Gasteiger partial charge is 0.261 e. The summed E-state index contributed by atoms with van der Waals surface area (Å²) in [6.45, 7) is 3.43. The second-order valence-corrected chi connectivity index (χ2v) is 10.6. The Morgan fingerprint density at radius 2 is 1.61 bits per heavy atom. The van der Waals surface area contributed by atoms with Gasteiger partial charge in [0.15, 0.2) is 6.61 Å². The minimum absolute atomic E-state index is 0.0256. The molecule has 190 valence electrons. The number of carbonyl (C=O) groups excluding carboxylic acids is 2. The molecular formula is C27H26BrCl3N2O3. The zero-order valence-corrected chi connectivity index (χ0v) is 23.7. The van der Waals surface area contributed by atoms with Crippen molar-refractivity contribution in [2.24, 2.45) is 0 Å². The van der Waals surface area contributed by atoms with E-state index in [0.717, 1.165) is 10.0 Å². The average Bonchev–Trinajstić information content (AvgIpc) is 2.82. The van der Waals surface area contributed by atoms with E-state index in [-0.39, 0.29) is 25.1 Å². The molecule has 0 radical (unpaired) electrons. The molecule has 2 amide bonds. The van der Waals surface area contributed by atoms with Crippen LogP contribution in [0.1, 0.15) is 25.0 Å². The van der Waals surface area contributed by atoms with Crippen molar-refractivity contribution < 1.29 is 14.3 Å². The van der Waals surface area contributed by atoms with Crippen LogP contribution in [0.5, 0.6) is 5.75 Å². The summed E-state index contributed by atoms with van der Waals surface area (Å²) in [6.07, 6.45) is 0.298. The van der Waals surface area contributed by atoms with Crippen LogP contribution in [0.2, 0.25) is 15.1 Å². The maximum Gasteiger partial charge on any atom is 0.261 e. The van der Waals surface area contributed by atoms with E-state index in [1.54, 1.807) is 36.4 Å². The van der Waals surface area contributed by atoms with Gasteiger partial charge >= 0.3 is 0 Å². The van der Waals surface area contributed by atoms with Crippen LogP contribution >= 0.6 is 50.7 Å². The minimum Gasteiger partial charge on any atom is -0.482 e. The number of carbonyl (C=O) groups is 2. The van der Waals surface area contributed by atoms with Gasteiger partial charge in [0.25, 0.3) is 5.91 Å². The third-order valence-corrected chi connectivity index (χ3v) is 6.83. The highest BCUT2D eigenvalue weighted by Gasteiger charge is 2.32. The predicted molar refractivity (Wildman–Crippen MR) is 149 cm³/mol. The first-order valence-electron chi connectivity index (χ1n) is 11.3. The number of halogens is 4. The fourth-order valence-corrected chi connectivity index (χ4v) is 4.85. The Balaban J connectivity index is 1.97. The second kappa shape index (κ2) is 13.3. The highest BCUT2D eigenvalue weighted by Crippen LogP contribution is 2.29.